The Labute approximate surface area is 117 Å². The third kappa shape index (κ3) is 5.81. The molecule has 1 unspecified atom stereocenters. The van der Waals surface area contributed by atoms with Gasteiger partial charge in [-0.25, -0.2) is 0 Å². The Bertz CT molecular complexity index is 525. The summed E-state index contributed by atoms with van der Waals surface area (Å²) in [6.45, 7) is 0.405. The van der Waals surface area contributed by atoms with E-state index < -0.39 is 42.3 Å². The minimum absolute atomic E-state index is 0.342. The molecule has 7 nitrogen and oxygen atoms in total. The van der Waals surface area contributed by atoms with E-state index in [0.717, 1.165) is 16.9 Å². The highest BCUT2D eigenvalue weighted by molar-refractivity contribution is 5.76. The normalized spacial score (nSPS) is 14.5. The summed E-state index contributed by atoms with van der Waals surface area (Å²) >= 11 is 0. The number of rotatable bonds is 6. The van der Waals surface area contributed by atoms with E-state index in [4.69, 9.17) is 5.11 Å². The van der Waals surface area contributed by atoms with Crippen molar-refractivity contribution in [2.75, 3.05) is 6.54 Å². The van der Waals surface area contributed by atoms with Gasteiger partial charge in [0.05, 0.1) is 12.0 Å². The predicted octanol–water partition coefficient (Wildman–Crippen LogP) is 0.244. The van der Waals surface area contributed by atoms with Gasteiger partial charge in [-0.1, -0.05) is 0 Å². The zero-order valence-corrected chi connectivity index (χ0v) is 11.0. The van der Waals surface area contributed by atoms with Gasteiger partial charge < -0.3 is 15.5 Å². The highest BCUT2D eigenvalue weighted by atomic mass is 19.4. The summed E-state index contributed by atoms with van der Waals surface area (Å²) in [6.07, 6.45) is -4.17. The van der Waals surface area contributed by atoms with Gasteiger partial charge in [0.25, 0.3) is 0 Å². The summed E-state index contributed by atoms with van der Waals surface area (Å²) < 4.78 is 37.7. The van der Waals surface area contributed by atoms with E-state index in [1.807, 2.05) is 0 Å². The van der Waals surface area contributed by atoms with Crippen LogP contribution in [0.3, 0.4) is 0 Å². The number of aliphatic hydroxyl groups is 1. The summed E-state index contributed by atoms with van der Waals surface area (Å²) in [6, 6.07) is 0.730. The van der Waals surface area contributed by atoms with Gasteiger partial charge in [-0.2, -0.15) is 18.3 Å². The second-order valence-corrected chi connectivity index (χ2v) is 4.74. The zero-order valence-electron chi connectivity index (χ0n) is 11.0. The molecular weight excluding hydrogens is 295 g/mol. The lowest BCUT2D eigenvalue weighted by Gasteiger charge is -2.21. The van der Waals surface area contributed by atoms with E-state index in [0.29, 0.717) is 0 Å². The van der Waals surface area contributed by atoms with E-state index in [2.05, 4.69) is 10.4 Å². The largest absolute Gasteiger partial charge is 0.481 e. The fourth-order valence-corrected chi connectivity index (χ4v) is 1.48. The molecule has 0 radical (unpaired) electrons. The number of nitrogens with zero attached hydrogens (tertiary/aromatic N) is 2. The third-order valence-electron chi connectivity index (χ3n) is 2.44. The van der Waals surface area contributed by atoms with Crippen molar-refractivity contribution in [3.8, 4) is 0 Å². The highest BCUT2D eigenvalue weighted by Crippen LogP contribution is 2.27. The molecule has 0 aromatic carbocycles. The molecule has 0 bridgehead atoms. The van der Waals surface area contributed by atoms with Gasteiger partial charge in [0.1, 0.15) is 6.54 Å². The lowest BCUT2D eigenvalue weighted by molar-refractivity contribution is -0.142. The minimum atomic E-state index is -4.59. The third-order valence-corrected chi connectivity index (χ3v) is 2.44. The molecule has 1 atom stereocenters. The van der Waals surface area contributed by atoms with Crippen LogP contribution in [0.25, 0.3) is 0 Å². The van der Waals surface area contributed by atoms with Crippen LogP contribution in [0.2, 0.25) is 0 Å². The van der Waals surface area contributed by atoms with Gasteiger partial charge in [-0.15, -0.1) is 0 Å². The number of carbonyl (C=O) groups is 2. The van der Waals surface area contributed by atoms with Crippen molar-refractivity contribution < 1.29 is 33.0 Å². The number of hydrogen-bond acceptors (Lipinski definition) is 4. The summed E-state index contributed by atoms with van der Waals surface area (Å²) in [5.74, 6) is -1.94. The zero-order chi connectivity index (χ0) is 16.3. The quantitative estimate of drug-likeness (QED) is 0.698. The van der Waals surface area contributed by atoms with Crippen LogP contribution in [0.5, 0.6) is 0 Å². The van der Waals surface area contributed by atoms with Gasteiger partial charge in [0.15, 0.2) is 5.69 Å². The first kappa shape index (κ1) is 17.0. The number of aromatic nitrogens is 2. The number of alkyl halides is 3. The molecule has 1 aromatic heterocycles. The van der Waals surface area contributed by atoms with E-state index in [1.165, 1.54) is 6.92 Å². The van der Waals surface area contributed by atoms with E-state index in [-0.39, 0.29) is 6.54 Å². The maximum Gasteiger partial charge on any atom is 0.435 e. The highest BCUT2D eigenvalue weighted by Gasteiger charge is 2.33. The van der Waals surface area contributed by atoms with Crippen LogP contribution >= 0.6 is 0 Å². The SMILES string of the molecule is CC(O)(CNC(=O)Cn1ccc(C(F)(F)F)n1)CC(=O)O. The lowest BCUT2D eigenvalue weighted by atomic mass is 10.0. The molecule has 1 rings (SSSR count). The molecule has 0 aliphatic carbocycles. The van der Waals surface area contributed by atoms with E-state index >= 15 is 0 Å². The first-order valence-corrected chi connectivity index (χ1v) is 5.81. The molecule has 1 aromatic rings. The Morgan fingerprint density at radius 3 is 2.52 bits per heavy atom. The Morgan fingerprint density at radius 2 is 2.05 bits per heavy atom. The molecule has 1 heterocycles. The fourth-order valence-electron chi connectivity index (χ4n) is 1.48. The van der Waals surface area contributed by atoms with Crippen LogP contribution in [0, 0.1) is 0 Å². The average Bonchev–Trinajstić information content (AvgIpc) is 2.73. The van der Waals surface area contributed by atoms with Crippen molar-refractivity contribution in [3.63, 3.8) is 0 Å². The molecular formula is C11H14F3N3O4. The molecule has 0 aliphatic rings. The van der Waals surface area contributed by atoms with Crippen LogP contribution in [-0.4, -0.2) is 44.0 Å². The summed E-state index contributed by atoms with van der Waals surface area (Å²) in [4.78, 5) is 21.9. The first-order valence-electron chi connectivity index (χ1n) is 5.81. The van der Waals surface area contributed by atoms with Crippen molar-refractivity contribution in [1.82, 2.24) is 15.1 Å². The number of halogens is 3. The molecule has 0 saturated heterocycles. The van der Waals surface area contributed by atoms with Crippen LogP contribution < -0.4 is 5.32 Å². The first-order chi connectivity index (χ1) is 9.49. The molecule has 0 spiro atoms. The minimum Gasteiger partial charge on any atom is -0.481 e. The van der Waals surface area contributed by atoms with Gasteiger partial charge in [-0.3, -0.25) is 14.3 Å². The smallest absolute Gasteiger partial charge is 0.435 e. The Balaban J connectivity index is 2.51. The topological polar surface area (TPSA) is 104 Å². The molecule has 0 aliphatic heterocycles. The van der Waals surface area contributed by atoms with Crippen molar-refractivity contribution in [2.24, 2.45) is 0 Å². The number of amides is 1. The Kier molecular flexibility index (Phi) is 4.94. The number of carbonyl (C=O) groups excluding carboxylic acids is 1. The van der Waals surface area contributed by atoms with Gasteiger partial charge in [0.2, 0.25) is 5.91 Å². The van der Waals surface area contributed by atoms with Gasteiger partial charge in [-0.05, 0) is 13.0 Å². The van der Waals surface area contributed by atoms with Crippen molar-refractivity contribution in [1.29, 1.82) is 0 Å². The van der Waals surface area contributed by atoms with Gasteiger partial charge in [0, 0.05) is 12.7 Å². The molecule has 10 heteroatoms. The standard InChI is InChI=1S/C11H14F3N3O4/c1-10(21,4-9(19)20)6-15-8(18)5-17-3-2-7(16-17)11(12,13)14/h2-3,21H,4-6H2,1H3,(H,15,18)(H,19,20). The number of hydrogen-bond donors (Lipinski definition) is 3. The molecule has 21 heavy (non-hydrogen) atoms. The Morgan fingerprint density at radius 1 is 1.43 bits per heavy atom. The number of aliphatic carboxylic acids is 1. The summed E-state index contributed by atoms with van der Waals surface area (Å²) in [5.41, 5.74) is -2.77. The predicted molar refractivity (Wildman–Crippen MR) is 63.1 cm³/mol. The van der Waals surface area contributed by atoms with E-state index in [9.17, 15) is 27.9 Å². The number of carboxylic acid groups (broad SMARTS) is 1. The second kappa shape index (κ2) is 6.12. The van der Waals surface area contributed by atoms with Crippen LogP contribution in [0.1, 0.15) is 19.0 Å². The number of carboxylic acids is 1. The second-order valence-electron chi connectivity index (χ2n) is 4.74. The molecule has 3 N–H and O–H groups in total. The molecule has 1 amide bonds. The van der Waals surface area contributed by atoms with Crippen molar-refractivity contribution in [3.05, 3.63) is 18.0 Å². The summed E-state index contributed by atoms with van der Waals surface area (Å²) in [5, 5.41) is 23.6. The monoisotopic (exact) mass is 309 g/mol. The average molecular weight is 309 g/mol. The van der Waals surface area contributed by atoms with Crippen molar-refractivity contribution >= 4 is 11.9 Å². The van der Waals surface area contributed by atoms with Gasteiger partial charge >= 0.3 is 12.1 Å². The lowest BCUT2D eigenvalue weighted by Crippen LogP contribution is -2.43. The molecule has 118 valence electrons. The molecule has 0 fully saturated rings. The number of nitrogens with one attached hydrogen (secondary N) is 1. The van der Waals surface area contributed by atoms with Crippen LogP contribution in [0.4, 0.5) is 13.2 Å². The van der Waals surface area contributed by atoms with Crippen LogP contribution in [0.15, 0.2) is 12.3 Å². The summed E-state index contributed by atoms with van der Waals surface area (Å²) in [7, 11) is 0. The fraction of sp³-hybridized carbons (Fsp3) is 0.545. The van der Waals surface area contributed by atoms with E-state index in [1.54, 1.807) is 0 Å². The van der Waals surface area contributed by atoms with Crippen LogP contribution in [-0.2, 0) is 22.3 Å². The van der Waals surface area contributed by atoms with Crippen molar-refractivity contribution in [2.45, 2.75) is 31.7 Å². The maximum absolute atomic E-state index is 12.3. The Hall–Kier alpha value is -2.10. The maximum atomic E-state index is 12.3. The molecule has 0 saturated carbocycles.